The first-order valence-corrected chi connectivity index (χ1v) is 9.71. The highest BCUT2D eigenvalue weighted by atomic mass is 127. The van der Waals surface area contributed by atoms with E-state index in [1.54, 1.807) is 13.2 Å². The van der Waals surface area contributed by atoms with Gasteiger partial charge < -0.3 is 15.4 Å². The summed E-state index contributed by atoms with van der Waals surface area (Å²) in [5.74, 6) is 0.735. The Morgan fingerprint density at radius 2 is 1.83 bits per heavy atom. The van der Waals surface area contributed by atoms with Crippen molar-refractivity contribution in [3.05, 3.63) is 59.4 Å². The number of amides is 1. The first-order valence-electron chi connectivity index (χ1n) is 9.71. The van der Waals surface area contributed by atoms with Gasteiger partial charge in [0.15, 0.2) is 5.96 Å². The van der Waals surface area contributed by atoms with Crippen LogP contribution in [0.4, 0.5) is 10.5 Å². The number of nitrogens with one attached hydrogen (secondary N) is 3. The molecule has 1 heterocycles. The van der Waals surface area contributed by atoms with Crippen LogP contribution >= 0.6 is 24.0 Å². The summed E-state index contributed by atoms with van der Waals surface area (Å²) < 4.78 is 5.25. The van der Waals surface area contributed by atoms with Crippen molar-refractivity contribution in [1.82, 2.24) is 15.6 Å². The van der Waals surface area contributed by atoms with Crippen molar-refractivity contribution in [2.45, 2.75) is 46.3 Å². The van der Waals surface area contributed by atoms with Gasteiger partial charge in [0, 0.05) is 25.5 Å². The topological polar surface area (TPSA) is 87.6 Å². The van der Waals surface area contributed by atoms with Crippen LogP contribution in [0.15, 0.2) is 47.6 Å². The molecule has 7 nitrogen and oxygen atoms in total. The molecule has 1 amide bonds. The Labute approximate surface area is 196 Å². The van der Waals surface area contributed by atoms with Crippen molar-refractivity contribution in [2.24, 2.45) is 4.99 Å². The minimum atomic E-state index is -0.516. The number of hydrogen-bond acceptors (Lipinski definition) is 4. The summed E-state index contributed by atoms with van der Waals surface area (Å²) in [6.45, 7) is 8.91. The summed E-state index contributed by atoms with van der Waals surface area (Å²) in [4.78, 5) is 20.4. The molecule has 0 fully saturated rings. The highest BCUT2D eigenvalue weighted by Gasteiger charge is 2.16. The third kappa shape index (κ3) is 9.43. The molecule has 1 aromatic heterocycles. The van der Waals surface area contributed by atoms with Crippen LogP contribution in [-0.4, -0.2) is 36.2 Å². The maximum atomic E-state index is 11.8. The monoisotopic (exact) mass is 525 g/mol. The molecule has 0 saturated carbocycles. The quantitative estimate of drug-likeness (QED) is 0.298. The first-order chi connectivity index (χ1) is 13.8. The second-order valence-electron chi connectivity index (χ2n) is 7.69. The summed E-state index contributed by atoms with van der Waals surface area (Å²) in [7, 11) is 1.75. The van der Waals surface area contributed by atoms with Gasteiger partial charge in [0.05, 0.1) is 12.2 Å². The zero-order valence-electron chi connectivity index (χ0n) is 18.3. The van der Waals surface area contributed by atoms with Gasteiger partial charge >= 0.3 is 6.09 Å². The molecule has 0 aliphatic carbocycles. The zero-order valence-corrected chi connectivity index (χ0v) is 20.6. The number of anilines is 1. The van der Waals surface area contributed by atoms with E-state index in [0.717, 1.165) is 35.7 Å². The van der Waals surface area contributed by atoms with Crippen molar-refractivity contribution >= 4 is 41.7 Å². The highest BCUT2D eigenvalue weighted by Crippen LogP contribution is 2.13. The fourth-order valence-corrected chi connectivity index (χ4v) is 2.59. The van der Waals surface area contributed by atoms with Crippen molar-refractivity contribution in [3.63, 3.8) is 0 Å². The molecule has 2 rings (SSSR count). The normalized spacial score (nSPS) is 11.3. The number of aromatic nitrogens is 1. The molecule has 0 aliphatic heterocycles. The van der Waals surface area contributed by atoms with E-state index >= 15 is 0 Å². The van der Waals surface area contributed by atoms with E-state index in [0.29, 0.717) is 12.2 Å². The summed E-state index contributed by atoms with van der Waals surface area (Å²) in [6, 6.07) is 11.7. The van der Waals surface area contributed by atoms with Gasteiger partial charge in [-0.25, -0.2) is 4.79 Å². The first kappa shape index (κ1) is 25.7. The molecule has 0 unspecified atom stereocenters. The Bertz CT molecular complexity index is 832. The van der Waals surface area contributed by atoms with E-state index in [-0.39, 0.29) is 24.0 Å². The molecule has 164 valence electrons. The van der Waals surface area contributed by atoms with Gasteiger partial charge in [-0.05, 0) is 63.4 Å². The van der Waals surface area contributed by atoms with Gasteiger partial charge in [0.2, 0.25) is 0 Å². The van der Waals surface area contributed by atoms with E-state index in [4.69, 9.17) is 4.74 Å². The Hall–Kier alpha value is -2.36. The fourth-order valence-electron chi connectivity index (χ4n) is 2.59. The predicted octanol–water partition coefficient (Wildman–Crippen LogP) is 4.26. The number of aryl methyl sites for hydroxylation is 1. The van der Waals surface area contributed by atoms with Crippen molar-refractivity contribution in [3.8, 4) is 0 Å². The lowest BCUT2D eigenvalue weighted by molar-refractivity contribution is 0.0636. The van der Waals surface area contributed by atoms with E-state index < -0.39 is 11.7 Å². The van der Waals surface area contributed by atoms with Crippen LogP contribution in [0.2, 0.25) is 0 Å². The molecule has 0 atom stereocenters. The van der Waals surface area contributed by atoms with E-state index in [1.165, 1.54) is 0 Å². The molecular formula is C22H32IN5O2. The van der Waals surface area contributed by atoms with Gasteiger partial charge in [-0.15, -0.1) is 24.0 Å². The average Bonchev–Trinajstić information content (AvgIpc) is 2.65. The number of guanidine groups is 1. The number of benzene rings is 1. The Kier molecular flexibility index (Phi) is 10.6. The summed E-state index contributed by atoms with van der Waals surface area (Å²) in [6.07, 6.45) is 2.17. The van der Waals surface area contributed by atoms with Gasteiger partial charge in [-0.3, -0.25) is 15.3 Å². The van der Waals surface area contributed by atoms with Gasteiger partial charge in [-0.2, -0.15) is 0 Å². The largest absolute Gasteiger partial charge is 0.444 e. The number of pyridine rings is 1. The minimum Gasteiger partial charge on any atom is -0.444 e. The molecule has 30 heavy (non-hydrogen) atoms. The van der Waals surface area contributed by atoms with Crippen molar-refractivity contribution < 1.29 is 9.53 Å². The molecule has 0 radical (unpaired) electrons. The van der Waals surface area contributed by atoms with E-state index in [1.807, 2.05) is 64.1 Å². The maximum absolute atomic E-state index is 11.8. The average molecular weight is 525 g/mol. The number of carbonyl (C=O) groups excluding carboxylic acids is 1. The smallest absolute Gasteiger partial charge is 0.412 e. The zero-order chi connectivity index (χ0) is 21.3. The third-order valence-corrected chi connectivity index (χ3v) is 4.07. The number of rotatable bonds is 6. The number of carbonyl (C=O) groups is 1. The molecule has 1 aromatic carbocycles. The van der Waals surface area contributed by atoms with Crippen LogP contribution < -0.4 is 16.0 Å². The van der Waals surface area contributed by atoms with Crippen LogP contribution in [0.25, 0.3) is 0 Å². The Morgan fingerprint density at radius 1 is 1.13 bits per heavy atom. The lowest BCUT2D eigenvalue weighted by Gasteiger charge is -2.19. The number of aliphatic imine (C=N–C) groups is 1. The van der Waals surface area contributed by atoms with Crippen LogP contribution in [0, 0.1) is 6.92 Å². The fraction of sp³-hybridized carbons (Fsp3) is 0.409. The standard InChI is InChI=1S/C22H31N5O2.HI/c1-16-7-6-13-24-19(16)15-26-20(23-5)25-14-12-17-8-10-18(11-9-17)27-21(28)29-22(2,3)4;/h6-11,13H,12,14-15H2,1-5H3,(H,27,28)(H2,23,25,26);1H. The van der Waals surface area contributed by atoms with Crippen molar-refractivity contribution in [2.75, 3.05) is 18.9 Å². The van der Waals surface area contributed by atoms with Gasteiger partial charge in [0.1, 0.15) is 5.60 Å². The number of hydrogen-bond donors (Lipinski definition) is 3. The number of halogens is 1. The second kappa shape index (κ2) is 12.4. The molecule has 0 spiro atoms. The SMILES string of the molecule is CN=C(NCCc1ccc(NC(=O)OC(C)(C)C)cc1)NCc1ncccc1C.I. The lowest BCUT2D eigenvalue weighted by atomic mass is 10.1. The Morgan fingerprint density at radius 3 is 2.43 bits per heavy atom. The van der Waals surface area contributed by atoms with E-state index in [9.17, 15) is 4.79 Å². The summed E-state index contributed by atoms with van der Waals surface area (Å²) >= 11 is 0. The molecule has 0 saturated heterocycles. The third-order valence-electron chi connectivity index (χ3n) is 4.07. The second-order valence-corrected chi connectivity index (χ2v) is 7.69. The minimum absolute atomic E-state index is 0. The lowest BCUT2D eigenvalue weighted by Crippen LogP contribution is -2.38. The molecular weight excluding hydrogens is 493 g/mol. The van der Waals surface area contributed by atoms with E-state index in [2.05, 4.69) is 25.9 Å². The maximum Gasteiger partial charge on any atom is 0.412 e. The number of ether oxygens (including phenoxy) is 1. The highest BCUT2D eigenvalue weighted by molar-refractivity contribution is 14.0. The Balaban J connectivity index is 0.00000450. The molecule has 8 heteroatoms. The van der Waals surface area contributed by atoms with Crippen molar-refractivity contribution in [1.29, 1.82) is 0 Å². The molecule has 2 aromatic rings. The predicted molar refractivity (Wildman–Crippen MR) is 133 cm³/mol. The molecule has 3 N–H and O–H groups in total. The van der Waals surface area contributed by atoms with Crippen LogP contribution in [0.3, 0.4) is 0 Å². The molecule has 0 bridgehead atoms. The van der Waals surface area contributed by atoms with Crippen LogP contribution in [-0.2, 0) is 17.7 Å². The summed E-state index contributed by atoms with van der Waals surface area (Å²) in [5, 5.41) is 9.31. The van der Waals surface area contributed by atoms with Crippen LogP contribution in [0.1, 0.15) is 37.6 Å². The summed E-state index contributed by atoms with van der Waals surface area (Å²) in [5.41, 5.74) is 3.50. The number of nitrogens with zero attached hydrogens (tertiary/aromatic N) is 2. The van der Waals surface area contributed by atoms with Crippen LogP contribution in [0.5, 0.6) is 0 Å². The molecule has 0 aliphatic rings. The van der Waals surface area contributed by atoms with Gasteiger partial charge in [0.25, 0.3) is 0 Å². The van der Waals surface area contributed by atoms with Gasteiger partial charge in [-0.1, -0.05) is 18.2 Å².